The Morgan fingerprint density at radius 3 is 2.46 bits per heavy atom. The Balaban J connectivity index is 2.16. The second kappa shape index (κ2) is 9.63. The molecule has 0 spiro atoms. The van der Waals surface area contributed by atoms with E-state index in [9.17, 15) is 9.90 Å². The van der Waals surface area contributed by atoms with Crippen LogP contribution in [0.5, 0.6) is 11.5 Å². The molecule has 5 heteroatoms. The molecule has 0 aliphatic carbocycles. The molecule has 0 fully saturated rings. The van der Waals surface area contributed by atoms with Crippen molar-refractivity contribution in [2.75, 3.05) is 34.4 Å². The highest BCUT2D eigenvalue weighted by Crippen LogP contribution is 2.23. The van der Waals surface area contributed by atoms with E-state index in [1.165, 1.54) is 0 Å². The van der Waals surface area contributed by atoms with Crippen molar-refractivity contribution in [1.29, 1.82) is 0 Å². The van der Waals surface area contributed by atoms with Crippen LogP contribution in [0.4, 0.5) is 0 Å². The van der Waals surface area contributed by atoms with Gasteiger partial charge in [-0.05, 0) is 62.0 Å². The summed E-state index contributed by atoms with van der Waals surface area (Å²) in [6.07, 6.45) is 2.58. The van der Waals surface area contributed by atoms with Crippen molar-refractivity contribution in [3.05, 3.63) is 59.7 Å². The van der Waals surface area contributed by atoms with Gasteiger partial charge in [0.2, 0.25) is 0 Å². The number of hydrogen-bond acceptors (Lipinski definition) is 4. The highest BCUT2D eigenvalue weighted by molar-refractivity contribution is 6.20. The largest absolute Gasteiger partial charge is 0.497 e. The first kappa shape index (κ1) is 19.5. The highest BCUT2D eigenvalue weighted by Gasteiger charge is 2.11. The summed E-state index contributed by atoms with van der Waals surface area (Å²) in [5, 5.41) is 9.57. The van der Waals surface area contributed by atoms with Crippen LogP contribution in [-0.2, 0) is 4.79 Å². The summed E-state index contributed by atoms with van der Waals surface area (Å²) < 4.78 is 10.9. The fraction of sp³-hybridized carbons (Fsp3) is 0.286. The van der Waals surface area contributed by atoms with E-state index in [0.717, 1.165) is 24.3 Å². The van der Waals surface area contributed by atoms with Crippen molar-refractivity contribution in [3.8, 4) is 11.5 Å². The Labute approximate surface area is 154 Å². The SMILES string of the molecule is COc1ccc(/C(=C\c2cccc(OCCCN(C)C)c2)C(=O)O)cc1. The van der Waals surface area contributed by atoms with Crippen molar-refractivity contribution in [1.82, 2.24) is 4.90 Å². The molecule has 0 saturated carbocycles. The van der Waals surface area contributed by atoms with Crippen molar-refractivity contribution in [3.63, 3.8) is 0 Å². The third-order valence-electron chi connectivity index (χ3n) is 3.82. The number of methoxy groups -OCH3 is 1. The minimum absolute atomic E-state index is 0.220. The zero-order chi connectivity index (χ0) is 18.9. The maximum absolute atomic E-state index is 11.7. The molecule has 0 aliphatic heterocycles. The lowest BCUT2D eigenvalue weighted by molar-refractivity contribution is -0.130. The molecular weight excluding hydrogens is 330 g/mol. The van der Waals surface area contributed by atoms with Crippen LogP contribution in [0.1, 0.15) is 17.5 Å². The van der Waals surface area contributed by atoms with Crippen LogP contribution in [0.15, 0.2) is 48.5 Å². The van der Waals surface area contributed by atoms with E-state index in [4.69, 9.17) is 9.47 Å². The smallest absolute Gasteiger partial charge is 0.336 e. The minimum Gasteiger partial charge on any atom is -0.497 e. The fourth-order valence-electron chi connectivity index (χ4n) is 2.47. The predicted molar refractivity (Wildman–Crippen MR) is 104 cm³/mol. The molecule has 0 amide bonds. The van der Waals surface area contributed by atoms with Crippen LogP contribution >= 0.6 is 0 Å². The summed E-state index contributed by atoms with van der Waals surface area (Å²) in [5.41, 5.74) is 1.62. The quantitative estimate of drug-likeness (QED) is 0.423. The number of ether oxygens (including phenoxy) is 2. The topological polar surface area (TPSA) is 59.0 Å². The highest BCUT2D eigenvalue weighted by atomic mass is 16.5. The lowest BCUT2D eigenvalue weighted by Crippen LogP contribution is -2.15. The lowest BCUT2D eigenvalue weighted by Gasteiger charge is -2.11. The van der Waals surface area contributed by atoms with Crippen molar-refractivity contribution in [2.24, 2.45) is 0 Å². The van der Waals surface area contributed by atoms with Gasteiger partial charge in [-0.3, -0.25) is 0 Å². The van der Waals surface area contributed by atoms with Crippen molar-refractivity contribution < 1.29 is 19.4 Å². The van der Waals surface area contributed by atoms with E-state index in [0.29, 0.717) is 17.9 Å². The maximum Gasteiger partial charge on any atom is 0.336 e. The van der Waals surface area contributed by atoms with Gasteiger partial charge >= 0.3 is 5.97 Å². The first-order chi connectivity index (χ1) is 12.5. The Morgan fingerprint density at radius 1 is 1.12 bits per heavy atom. The number of carbonyl (C=O) groups is 1. The van der Waals surface area contributed by atoms with Crippen LogP contribution in [0.3, 0.4) is 0 Å². The van der Waals surface area contributed by atoms with E-state index in [1.807, 2.05) is 38.4 Å². The first-order valence-electron chi connectivity index (χ1n) is 8.46. The third-order valence-corrected chi connectivity index (χ3v) is 3.82. The Hall–Kier alpha value is -2.79. The average Bonchev–Trinajstić information content (AvgIpc) is 2.63. The van der Waals surface area contributed by atoms with E-state index in [-0.39, 0.29) is 5.57 Å². The Kier molecular flexibility index (Phi) is 7.24. The van der Waals surface area contributed by atoms with Gasteiger partial charge in [0.15, 0.2) is 0 Å². The summed E-state index contributed by atoms with van der Waals surface area (Å²) in [7, 11) is 5.63. The second-order valence-corrected chi connectivity index (χ2v) is 6.17. The van der Waals surface area contributed by atoms with Gasteiger partial charge in [0.1, 0.15) is 11.5 Å². The zero-order valence-corrected chi connectivity index (χ0v) is 15.4. The molecule has 26 heavy (non-hydrogen) atoms. The van der Waals surface area contributed by atoms with Gasteiger partial charge in [0.05, 0.1) is 19.3 Å². The van der Waals surface area contributed by atoms with Crippen LogP contribution in [0, 0.1) is 0 Å². The van der Waals surface area contributed by atoms with Gasteiger partial charge in [-0.15, -0.1) is 0 Å². The number of hydrogen-bond donors (Lipinski definition) is 1. The van der Waals surface area contributed by atoms with Gasteiger partial charge < -0.3 is 19.5 Å². The monoisotopic (exact) mass is 355 g/mol. The molecule has 5 nitrogen and oxygen atoms in total. The van der Waals surface area contributed by atoms with Crippen molar-refractivity contribution in [2.45, 2.75) is 6.42 Å². The summed E-state index contributed by atoms with van der Waals surface area (Å²) in [5.74, 6) is 0.441. The molecule has 0 atom stereocenters. The molecule has 0 unspecified atom stereocenters. The average molecular weight is 355 g/mol. The summed E-state index contributed by atoms with van der Waals surface area (Å²) in [6, 6.07) is 14.4. The summed E-state index contributed by atoms with van der Waals surface area (Å²) >= 11 is 0. The van der Waals surface area contributed by atoms with Gasteiger partial charge in [-0.25, -0.2) is 4.79 Å². The van der Waals surface area contributed by atoms with Crippen LogP contribution in [-0.4, -0.2) is 50.3 Å². The fourth-order valence-corrected chi connectivity index (χ4v) is 2.47. The molecule has 1 N–H and O–H groups in total. The van der Waals surface area contributed by atoms with E-state index in [2.05, 4.69) is 4.90 Å². The zero-order valence-electron chi connectivity index (χ0n) is 15.4. The van der Waals surface area contributed by atoms with Crippen LogP contribution < -0.4 is 9.47 Å². The Bertz CT molecular complexity index is 751. The molecular formula is C21H25NO4. The molecule has 0 bridgehead atoms. The lowest BCUT2D eigenvalue weighted by atomic mass is 10.0. The van der Waals surface area contributed by atoms with Gasteiger partial charge in [0, 0.05) is 6.54 Å². The first-order valence-corrected chi connectivity index (χ1v) is 8.46. The van der Waals surface area contributed by atoms with Crippen LogP contribution in [0.25, 0.3) is 11.6 Å². The van der Waals surface area contributed by atoms with E-state index < -0.39 is 5.97 Å². The minimum atomic E-state index is -0.979. The number of benzene rings is 2. The molecule has 0 aliphatic rings. The van der Waals surface area contributed by atoms with Gasteiger partial charge in [0.25, 0.3) is 0 Å². The van der Waals surface area contributed by atoms with Crippen molar-refractivity contribution >= 4 is 17.6 Å². The molecule has 0 radical (unpaired) electrons. The molecule has 138 valence electrons. The predicted octanol–water partition coefficient (Wildman–Crippen LogP) is 3.65. The number of aliphatic carboxylic acids is 1. The normalized spacial score (nSPS) is 11.5. The number of rotatable bonds is 9. The number of carboxylic acid groups (broad SMARTS) is 1. The summed E-state index contributed by atoms with van der Waals surface area (Å²) in [4.78, 5) is 13.8. The molecule has 2 aromatic carbocycles. The molecule has 0 heterocycles. The van der Waals surface area contributed by atoms with E-state index in [1.54, 1.807) is 37.5 Å². The van der Waals surface area contributed by atoms with E-state index >= 15 is 0 Å². The maximum atomic E-state index is 11.7. The second-order valence-electron chi connectivity index (χ2n) is 6.17. The molecule has 0 aromatic heterocycles. The number of carboxylic acids is 1. The standard InChI is InChI=1S/C21H25NO4/c1-22(2)12-5-13-26-19-7-4-6-16(14-19)15-20(21(23)24)17-8-10-18(25-3)11-9-17/h4,6-11,14-15H,5,12-13H2,1-3H3,(H,23,24)/b20-15+. The summed E-state index contributed by atoms with van der Waals surface area (Å²) in [6.45, 7) is 1.58. The van der Waals surface area contributed by atoms with Crippen LogP contribution in [0.2, 0.25) is 0 Å². The van der Waals surface area contributed by atoms with Gasteiger partial charge in [-0.1, -0.05) is 24.3 Å². The molecule has 2 aromatic rings. The third kappa shape index (κ3) is 5.93. The molecule has 2 rings (SSSR count). The number of nitrogens with zero attached hydrogens (tertiary/aromatic N) is 1. The molecule has 0 saturated heterocycles. The van der Waals surface area contributed by atoms with Gasteiger partial charge in [-0.2, -0.15) is 0 Å². The Morgan fingerprint density at radius 2 is 1.85 bits per heavy atom.